The number of aromatic amines is 1. The van der Waals surface area contributed by atoms with Gasteiger partial charge in [-0.3, -0.25) is 14.4 Å². The molecule has 0 saturated carbocycles. The van der Waals surface area contributed by atoms with E-state index in [1.54, 1.807) is 13.0 Å². The highest BCUT2D eigenvalue weighted by molar-refractivity contribution is 5.97. The number of alkyl halides is 3. The largest absolute Gasteiger partial charge is 0.408 e. The van der Waals surface area contributed by atoms with Gasteiger partial charge in [0.1, 0.15) is 23.9 Å². The molecule has 1 spiro atoms. The number of nitrogens with zero attached hydrogens (tertiary/aromatic N) is 6. The molecule has 1 amide bonds. The summed E-state index contributed by atoms with van der Waals surface area (Å²) in [6.45, 7) is 4.86. The number of hydrogen-bond acceptors (Lipinski definition) is 6. The highest BCUT2D eigenvalue weighted by Gasteiger charge is 2.44. The number of likely N-dealkylation sites (tertiary alicyclic amines) is 1. The minimum Gasteiger partial charge on any atom is -0.364 e. The summed E-state index contributed by atoms with van der Waals surface area (Å²) >= 11 is 0. The van der Waals surface area contributed by atoms with E-state index < -0.39 is 18.6 Å². The summed E-state index contributed by atoms with van der Waals surface area (Å²) in [5.74, 6) is 0.677. The van der Waals surface area contributed by atoms with E-state index in [9.17, 15) is 18.0 Å². The maximum Gasteiger partial charge on any atom is 0.408 e. The molecule has 2 saturated heterocycles. The van der Waals surface area contributed by atoms with Gasteiger partial charge in [0.05, 0.1) is 5.39 Å². The molecule has 3 aromatic heterocycles. The number of primary amides is 1. The second-order valence-electron chi connectivity index (χ2n) is 10.4. The minimum absolute atomic E-state index is 0.102. The second kappa shape index (κ2) is 8.44. The van der Waals surface area contributed by atoms with Gasteiger partial charge in [-0.15, -0.1) is 0 Å². The van der Waals surface area contributed by atoms with Crippen LogP contribution >= 0.6 is 0 Å². The van der Waals surface area contributed by atoms with Crippen LogP contribution in [0.25, 0.3) is 21.9 Å². The summed E-state index contributed by atoms with van der Waals surface area (Å²) in [5.41, 5.74) is 8.23. The number of nitrogens with two attached hydrogens (primary N) is 1. The quantitative estimate of drug-likeness (QED) is 0.425. The van der Waals surface area contributed by atoms with Crippen LogP contribution in [-0.2, 0) is 13.1 Å². The van der Waals surface area contributed by atoms with Crippen LogP contribution in [-0.4, -0.2) is 67.9 Å². The Labute approximate surface area is 210 Å². The van der Waals surface area contributed by atoms with Crippen LogP contribution in [0.3, 0.4) is 0 Å². The second-order valence-corrected chi connectivity index (χ2v) is 10.4. The van der Waals surface area contributed by atoms with Crippen molar-refractivity contribution in [2.24, 2.45) is 11.1 Å². The number of hydrogen-bond donors (Lipinski definition) is 2. The molecule has 194 valence electrons. The molecule has 2 fully saturated rings. The Morgan fingerprint density at radius 1 is 1.16 bits per heavy atom. The minimum atomic E-state index is -4.36. The zero-order valence-corrected chi connectivity index (χ0v) is 20.3. The first-order valence-electron chi connectivity index (χ1n) is 12.2. The van der Waals surface area contributed by atoms with E-state index in [-0.39, 0.29) is 5.41 Å². The number of carbonyl (C=O) groups excluding carboxylic acids is 1. The maximum absolute atomic E-state index is 12.9. The van der Waals surface area contributed by atoms with E-state index in [1.165, 1.54) is 11.8 Å². The monoisotopic (exact) mass is 512 g/mol. The van der Waals surface area contributed by atoms with Crippen LogP contribution in [0.2, 0.25) is 0 Å². The lowest BCUT2D eigenvalue weighted by molar-refractivity contribution is -0.142. The summed E-state index contributed by atoms with van der Waals surface area (Å²) < 4.78 is 39.7. The Hall–Kier alpha value is -3.67. The van der Waals surface area contributed by atoms with Crippen molar-refractivity contribution in [3.63, 3.8) is 0 Å². The Morgan fingerprint density at radius 3 is 2.76 bits per heavy atom. The van der Waals surface area contributed by atoms with Crippen LogP contribution < -0.4 is 10.6 Å². The number of H-pyrrole nitrogens is 1. The highest BCUT2D eigenvalue weighted by atomic mass is 19.4. The van der Waals surface area contributed by atoms with Crippen LogP contribution in [0.1, 0.15) is 34.7 Å². The summed E-state index contributed by atoms with van der Waals surface area (Å²) in [6, 6.07) is 7.91. The summed E-state index contributed by atoms with van der Waals surface area (Å²) in [7, 11) is 0. The van der Waals surface area contributed by atoms with E-state index in [2.05, 4.69) is 42.0 Å². The molecule has 0 bridgehead atoms. The van der Waals surface area contributed by atoms with Gasteiger partial charge in [-0.05, 0) is 50.1 Å². The predicted molar refractivity (Wildman–Crippen MR) is 132 cm³/mol. The molecule has 6 rings (SSSR count). The van der Waals surface area contributed by atoms with Crippen molar-refractivity contribution in [1.82, 2.24) is 29.6 Å². The van der Waals surface area contributed by atoms with Crippen molar-refractivity contribution in [2.45, 2.75) is 39.0 Å². The third-order valence-corrected chi connectivity index (χ3v) is 7.47. The van der Waals surface area contributed by atoms with Gasteiger partial charge in [0.2, 0.25) is 0 Å². The highest BCUT2D eigenvalue weighted by Crippen LogP contribution is 2.42. The van der Waals surface area contributed by atoms with Crippen LogP contribution in [0, 0.1) is 12.3 Å². The Morgan fingerprint density at radius 2 is 1.97 bits per heavy atom. The molecule has 0 aliphatic carbocycles. The Bertz CT molecular complexity index is 1510. The summed E-state index contributed by atoms with van der Waals surface area (Å²) in [5, 5.41) is 5.57. The van der Waals surface area contributed by atoms with Gasteiger partial charge in [-0.1, -0.05) is 6.07 Å². The molecule has 2 aliphatic heterocycles. The van der Waals surface area contributed by atoms with Crippen molar-refractivity contribution in [3.8, 4) is 0 Å². The third-order valence-electron chi connectivity index (χ3n) is 7.47. The smallest absolute Gasteiger partial charge is 0.364 e. The molecule has 5 heterocycles. The van der Waals surface area contributed by atoms with Crippen molar-refractivity contribution in [2.75, 3.05) is 31.1 Å². The molecule has 9 nitrogen and oxygen atoms in total. The van der Waals surface area contributed by atoms with Gasteiger partial charge >= 0.3 is 6.18 Å². The van der Waals surface area contributed by atoms with Crippen molar-refractivity contribution >= 4 is 33.7 Å². The average Bonchev–Trinajstić information content (AvgIpc) is 3.58. The fraction of sp³-hybridized carbons (Fsp3) is 0.440. The molecule has 12 heteroatoms. The number of rotatable bonds is 5. The lowest BCUT2D eigenvalue weighted by Gasteiger charge is -2.25. The van der Waals surface area contributed by atoms with Gasteiger partial charge in [0.15, 0.2) is 5.65 Å². The molecule has 1 aromatic carbocycles. The third kappa shape index (κ3) is 4.61. The molecular weight excluding hydrogens is 485 g/mol. The van der Waals surface area contributed by atoms with Crippen molar-refractivity contribution < 1.29 is 18.0 Å². The summed E-state index contributed by atoms with van der Waals surface area (Å²) in [4.78, 5) is 28.0. The normalized spacial score (nSPS) is 20.7. The van der Waals surface area contributed by atoms with Crippen LogP contribution in [0.4, 0.5) is 19.0 Å². The number of nitrogens with one attached hydrogen (secondary N) is 1. The molecule has 1 unspecified atom stereocenters. The van der Waals surface area contributed by atoms with Gasteiger partial charge in [-0.2, -0.15) is 18.3 Å². The number of amides is 1. The van der Waals surface area contributed by atoms with Crippen LogP contribution in [0.5, 0.6) is 0 Å². The molecule has 0 radical (unpaired) electrons. The standard InChI is InChI=1S/C25H27F3N8O/c1-15-30-22-18(11-36(33-22)14-25(26,27)28)23(31-15)35-7-5-24(13-35)4-6-34(12-24)10-16-2-3-19-17(8-16)9-20(32-19)21(29)37/h2-3,8-9,11,32H,4-7,10,12-14H2,1H3,(H2,29,37). The fourth-order valence-corrected chi connectivity index (χ4v) is 5.83. The topological polar surface area (TPSA) is 109 Å². The molecule has 4 aromatic rings. The first kappa shape index (κ1) is 23.7. The van der Waals surface area contributed by atoms with Gasteiger partial charge < -0.3 is 15.6 Å². The zero-order valence-electron chi connectivity index (χ0n) is 20.3. The van der Waals surface area contributed by atoms with Gasteiger partial charge in [-0.25, -0.2) is 9.97 Å². The van der Waals surface area contributed by atoms with Crippen LogP contribution in [0.15, 0.2) is 30.5 Å². The van der Waals surface area contributed by atoms with Gasteiger partial charge in [0.25, 0.3) is 5.91 Å². The first-order chi connectivity index (χ1) is 17.6. The van der Waals surface area contributed by atoms with Crippen molar-refractivity contribution in [1.29, 1.82) is 0 Å². The lowest BCUT2D eigenvalue weighted by Crippen LogP contribution is -2.31. The maximum atomic E-state index is 12.9. The number of anilines is 1. The van der Waals surface area contributed by atoms with E-state index in [1.807, 2.05) is 6.07 Å². The number of carbonyl (C=O) groups is 1. The Balaban J connectivity index is 1.18. The van der Waals surface area contributed by atoms with Gasteiger partial charge in [0, 0.05) is 48.7 Å². The SMILES string of the molecule is Cc1nc(N2CCC3(CCN(Cc4ccc5[nH]c(C(N)=O)cc5c4)C3)C2)c2cn(CC(F)(F)F)nc2n1. The molecule has 37 heavy (non-hydrogen) atoms. The fourth-order valence-electron chi connectivity index (χ4n) is 5.83. The number of aromatic nitrogens is 5. The average molecular weight is 513 g/mol. The number of halogens is 3. The van der Waals surface area contributed by atoms with E-state index in [0.717, 1.165) is 61.2 Å². The van der Waals surface area contributed by atoms with Crippen molar-refractivity contribution in [3.05, 3.63) is 47.5 Å². The molecule has 1 atom stereocenters. The number of benzene rings is 1. The van der Waals surface area contributed by atoms with E-state index in [0.29, 0.717) is 28.4 Å². The van der Waals surface area contributed by atoms with E-state index in [4.69, 9.17) is 5.73 Å². The number of aryl methyl sites for hydroxylation is 1. The Kier molecular flexibility index (Phi) is 5.41. The first-order valence-corrected chi connectivity index (χ1v) is 12.2. The summed E-state index contributed by atoms with van der Waals surface area (Å²) in [6.07, 6.45) is -0.915. The predicted octanol–water partition coefficient (Wildman–Crippen LogP) is 3.38. The zero-order chi connectivity index (χ0) is 25.9. The number of fused-ring (bicyclic) bond motifs is 2. The van der Waals surface area contributed by atoms with E-state index >= 15 is 0 Å². The lowest BCUT2D eigenvalue weighted by atomic mass is 9.86. The molecule has 2 aliphatic rings. The molecule has 3 N–H and O–H groups in total. The molecular formula is C25H27F3N8O.